The average Bonchev–Trinajstić information content (AvgIpc) is 2.50. The number of rotatable bonds is 2. The number of pyridine rings is 1. The Balaban J connectivity index is 2.78. The average molecular weight is 403 g/mol. The van der Waals surface area contributed by atoms with Crippen molar-refractivity contribution < 1.29 is 13.9 Å². The van der Waals surface area contributed by atoms with Gasteiger partial charge in [0.15, 0.2) is 0 Å². The van der Waals surface area contributed by atoms with Gasteiger partial charge in [-0.2, -0.15) is 4.39 Å². The lowest BCUT2D eigenvalue weighted by Gasteiger charge is -2.12. The van der Waals surface area contributed by atoms with E-state index in [0.29, 0.717) is 0 Å². The molecule has 1 aromatic heterocycles. The second-order valence-corrected chi connectivity index (χ2v) is 5.89. The first-order valence-corrected chi connectivity index (χ1v) is 7.44. The van der Waals surface area contributed by atoms with Gasteiger partial charge in [-0.1, -0.05) is 58.0 Å². The number of nitrogens with zero attached hydrogens (tertiary/aromatic N) is 1. The summed E-state index contributed by atoms with van der Waals surface area (Å²) in [7, 11) is 1.16. The van der Waals surface area contributed by atoms with Crippen LogP contribution in [0.1, 0.15) is 10.4 Å². The summed E-state index contributed by atoms with van der Waals surface area (Å²) in [4.78, 5) is 15.2. The van der Waals surface area contributed by atoms with Crippen LogP contribution in [0.25, 0.3) is 11.3 Å². The van der Waals surface area contributed by atoms with Gasteiger partial charge >= 0.3 is 5.97 Å². The molecule has 0 fully saturated rings. The van der Waals surface area contributed by atoms with Gasteiger partial charge in [0.1, 0.15) is 0 Å². The normalized spacial score (nSPS) is 10.7. The Kier molecular flexibility index (Phi) is 5.41. The number of esters is 1. The maximum Gasteiger partial charge on any atom is 0.338 e. The molecule has 0 amide bonds. The molecule has 0 unspecified atom stereocenters. The summed E-state index contributed by atoms with van der Waals surface area (Å²) < 4.78 is 18.2. The van der Waals surface area contributed by atoms with Crippen LogP contribution in [0.4, 0.5) is 4.39 Å². The molecule has 0 saturated carbocycles. The topological polar surface area (TPSA) is 39.2 Å². The Morgan fingerprint density at radius 3 is 2.00 bits per heavy atom. The quantitative estimate of drug-likeness (QED) is 0.270. The fourth-order valence-corrected chi connectivity index (χ4v) is 3.02. The molecule has 0 aliphatic carbocycles. The number of ether oxygens (including phenoxy) is 1. The molecule has 116 valence electrons. The van der Waals surface area contributed by atoms with E-state index in [1.807, 2.05) is 0 Å². The van der Waals surface area contributed by atoms with Crippen LogP contribution in [0.15, 0.2) is 12.1 Å². The third-order valence-corrected chi connectivity index (χ3v) is 4.96. The molecule has 0 saturated heterocycles. The van der Waals surface area contributed by atoms with Gasteiger partial charge in [-0.15, -0.1) is 0 Å². The van der Waals surface area contributed by atoms with Crippen molar-refractivity contribution in [2.45, 2.75) is 0 Å². The number of hydrogen-bond acceptors (Lipinski definition) is 3. The van der Waals surface area contributed by atoms with Gasteiger partial charge < -0.3 is 4.74 Å². The van der Waals surface area contributed by atoms with E-state index >= 15 is 0 Å². The number of carbonyl (C=O) groups excluding carboxylic acids is 1. The fourth-order valence-electron chi connectivity index (χ4n) is 1.69. The number of halogens is 6. The predicted molar refractivity (Wildman–Crippen MR) is 86.0 cm³/mol. The van der Waals surface area contributed by atoms with Crippen LogP contribution >= 0.6 is 58.0 Å². The zero-order valence-electron chi connectivity index (χ0n) is 10.7. The lowest BCUT2D eigenvalue weighted by molar-refractivity contribution is 0.0600. The number of hydrogen-bond donors (Lipinski definition) is 0. The van der Waals surface area contributed by atoms with E-state index in [1.165, 1.54) is 6.07 Å². The smallest absolute Gasteiger partial charge is 0.338 e. The molecular formula is C13H5Cl5FNO2. The van der Waals surface area contributed by atoms with Gasteiger partial charge in [-0.05, 0) is 6.07 Å². The SMILES string of the molecule is COC(=O)c1cc(F)nc(-c2c(Cl)c(Cl)c(Cl)c(Cl)c2Cl)c1. The van der Waals surface area contributed by atoms with Gasteiger partial charge in [0.05, 0.1) is 43.5 Å². The van der Waals surface area contributed by atoms with E-state index in [4.69, 9.17) is 58.0 Å². The lowest BCUT2D eigenvalue weighted by atomic mass is 10.1. The summed E-state index contributed by atoms with van der Waals surface area (Å²) >= 11 is 30.0. The van der Waals surface area contributed by atoms with Crippen LogP contribution in [-0.4, -0.2) is 18.1 Å². The summed E-state index contributed by atoms with van der Waals surface area (Å²) in [6, 6.07) is 2.17. The van der Waals surface area contributed by atoms with Crippen molar-refractivity contribution >= 4 is 64.0 Å². The Bertz CT molecular complexity index is 753. The molecule has 0 atom stereocenters. The standard InChI is InChI=1S/C13H5Cl5FNO2/c1-22-13(21)4-2-5(20-6(19)3-4)7-8(14)10(16)12(18)11(17)9(7)15/h2-3H,1H3. The molecule has 1 heterocycles. The number of carbonyl (C=O) groups is 1. The molecule has 9 heteroatoms. The van der Waals surface area contributed by atoms with Crippen molar-refractivity contribution in [2.24, 2.45) is 0 Å². The van der Waals surface area contributed by atoms with Crippen LogP contribution in [0.3, 0.4) is 0 Å². The molecular weight excluding hydrogens is 398 g/mol. The maximum absolute atomic E-state index is 13.7. The van der Waals surface area contributed by atoms with Crippen LogP contribution in [-0.2, 0) is 4.74 Å². The van der Waals surface area contributed by atoms with Gasteiger partial charge in [-0.25, -0.2) is 9.78 Å². The highest BCUT2D eigenvalue weighted by Gasteiger charge is 2.23. The largest absolute Gasteiger partial charge is 0.465 e. The molecule has 3 nitrogen and oxygen atoms in total. The second-order valence-electron chi connectivity index (χ2n) is 4.00. The molecule has 22 heavy (non-hydrogen) atoms. The predicted octanol–water partition coefficient (Wildman–Crippen LogP) is 5.94. The van der Waals surface area contributed by atoms with Crippen LogP contribution in [0.2, 0.25) is 25.1 Å². The van der Waals surface area contributed by atoms with E-state index in [1.54, 1.807) is 0 Å². The molecule has 0 aliphatic heterocycles. The molecule has 0 bridgehead atoms. The van der Waals surface area contributed by atoms with Crippen LogP contribution in [0, 0.1) is 5.95 Å². The minimum atomic E-state index is -0.924. The van der Waals surface area contributed by atoms with Crippen molar-refractivity contribution in [3.8, 4) is 11.3 Å². The van der Waals surface area contributed by atoms with E-state index in [-0.39, 0.29) is 41.9 Å². The van der Waals surface area contributed by atoms with Crippen molar-refractivity contribution in [3.63, 3.8) is 0 Å². The van der Waals surface area contributed by atoms with E-state index in [2.05, 4.69) is 9.72 Å². The number of benzene rings is 1. The highest BCUT2D eigenvalue weighted by Crippen LogP contribution is 2.47. The third-order valence-electron chi connectivity index (χ3n) is 2.68. The first-order chi connectivity index (χ1) is 10.3. The molecule has 0 spiro atoms. The summed E-state index contributed by atoms with van der Waals surface area (Å²) in [5.74, 6) is -1.67. The van der Waals surface area contributed by atoms with Gasteiger partial charge in [0.2, 0.25) is 5.95 Å². The summed E-state index contributed by atoms with van der Waals surface area (Å²) in [6.45, 7) is 0. The number of aromatic nitrogens is 1. The second kappa shape index (κ2) is 6.77. The van der Waals surface area contributed by atoms with E-state index < -0.39 is 11.9 Å². The Hall–Kier alpha value is -0.780. The summed E-state index contributed by atoms with van der Waals surface area (Å²) in [6.07, 6.45) is 0. The molecule has 0 radical (unpaired) electrons. The Labute approximate surface area is 149 Å². The maximum atomic E-state index is 13.7. The molecule has 1 aromatic carbocycles. The molecule has 2 aromatic rings. The lowest BCUT2D eigenvalue weighted by Crippen LogP contribution is -2.04. The first-order valence-electron chi connectivity index (χ1n) is 5.55. The fraction of sp³-hybridized carbons (Fsp3) is 0.0769. The van der Waals surface area contributed by atoms with E-state index in [0.717, 1.165) is 13.2 Å². The number of methoxy groups -OCH3 is 1. The monoisotopic (exact) mass is 401 g/mol. The Morgan fingerprint density at radius 1 is 1.00 bits per heavy atom. The van der Waals surface area contributed by atoms with Crippen molar-refractivity contribution in [1.82, 2.24) is 4.98 Å². The minimum Gasteiger partial charge on any atom is -0.465 e. The van der Waals surface area contributed by atoms with Crippen molar-refractivity contribution in [3.05, 3.63) is 48.8 Å². The highest BCUT2D eigenvalue weighted by atomic mass is 35.5. The molecule has 2 rings (SSSR count). The molecule has 0 N–H and O–H groups in total. The van der Waals surface area contributed by atoms with Gasteiger partial charge in [0, 0.05) is 11.6 Å². The summed E-state index contributed by atoms with van der Waals surface area (Å²) in [5.41, 5.74) is -0.0393. The van der Waals surface area contributed by atoms with Gasteiger partial charge in [0.25, 0.3) is 0 Å². The van der Waals surface area contributed by atoms with E-state index in [9.17, 15) is 9.18 Å². The first kappa shape index (κ1) is 17.6. The van der Waals surface area contributed by atoms with Crippen molar-refractivity contribution in [2.75, 3.05) is 7.11 Å². The summed E-state index contributed by atoms with van der Waals surface area (Å²) in [5, 5.41) is -0.270. The zero-order chi connectivity index (χ0) is 16.6. The van der Waals surface area contributed by atoms with Gasteiger partial charge in [-0.3, -0.25) is 0 Å². The van der Waals surface area contributed by atoms with Crippen LogP contribution in [0.5, 0.6) is 0 Å². The minimum absolute atomic E-state index is 0.0316. The zero-order valence-corrected chi connectivity index (χ0v) is 14.5. The highest BCUT2D eigenvalue weighted by molar-refractivity contribution is 6.56. The molecule has 0 aliphatic rings. The van der Waals surface area contributed by atoms with Crippen LogP contribution < -0.4 is 0 Å². The Morgan fingerprint density at radius 2 is 1.50 bits per heavy atom. The van der Waals surface area contributed by atoms with Crippen molar-refractivity contribution in [1.29, 1.82) is 0 Å². The third kappa shape index (κ3) is 3.12.